The molecule has 0 bridgehead atoms. The van der Waals surface area contributed by atoms with Crippen molar-refractivity contribution < 1.29 is 9.53 Å². The van der Waals surface area contributed by atoms with Gasteiger partial charge in [0.1, 0.15) is 11.0 Å². The minimum Gasteiger partial charge on any atom is -0.382 e. The average Bonchev–Trinajstić information content (AvgIpc) is 3.18. The fourth-order valence-corrected chi connectivity index (χ4v) is 3.05. The van der Waals surface area contributed by atoms with Gasteiger partial charge < -0.3 is 15.4 Å². The highest BCUT2D eigenvalue weighted by molar-refractivity contribution is 7.00. The third kappa shape index (κ3) is 3.22. The first-order valence-corrected chi connectivity index (χ1v) is 8.09. The van der Waals surface area contributed by atoms with Gasteiger partial charge >= 0.3 is 6.03 Å². The molecule has 24 heavy (non-hydrogen) atoms. The van der Waals surface area contributed by atoms with E-state index in [2.05, 4.69) is 24.5 Å². The highest BCUT2D eigenvalue weighted by Crippen LogP contribution is 2.25. The highest BCUT2D eigenvalue weighted by atomic mass is 32.1. The SMILES string of the molecule is COC[C@H](NC(=O)Nc1c(C)ccc2nsnc12)c1ccnn1C. The molecule has 0 aliphatic rings. The van der Waals surface area contributed by atoms with Gasteiger partial charge in [-0.1, -0.05) is 6.07 Å². The first kappa shape index (κ1) is 16.3. The van der Waals surface area contributed by atoms with Crippen molar-refractivity contribution in [2.24, 2.45) is 7.05 Å². The van der Waals surface area contributed by atoms with Crippen LogP contribution < -0.4 is 10.6 Å². The van der Waals surface area contributed by atoms with Crippen LogP contribution >= 0.6 is 11.7 Å². The number of aromatic nitrogens is 4. The molecule has 9 heteroatoms. The van der Waals surface area contributed by atoms with Gasteiger partial charge in [0.2, 0.25) is 0 Å². The summed E-state index contributed by atoms with van der Waals surface area (Å²) in [5.74, 6) is 0. The number of urea groups is 1. The number of hydrogen-bond acceptors (Lipinski definition) is 6. The second kappa shape index (κ2) is 6.93. The third-order valence-corrected chi connectivity index (χ3v) is 4.27. The van der Waals surface area contributed by atoms with E-state index in [1.807, 2.05) is 32.2 Å². The van der Waals surface area contributed by atoms with E-state index in [0.717, 1.165) is 28.5 Å². The maximum atomic E-state index is 12.5. The predicted molar refractivity (Wildman–Crippen MR) is 92.1 cm³/mol. The van der Waals surface area contributed by atoms with Crippen molar-refractivity contribution in [2.75, 3.05) is 19.0 Å². The van der Waals surface area contributed by atoms with Gasteiger partial charge in [-0.2, -0.15) is 13.8 Å². The first-order valence-electron chi connectivity index (χ1n) is 7.36. The molecule has 3 rings (SSSR count). The number of nitrogens with one attached hydrogen (secondary N) is 2. The minimum atomic E-state index is -0.332. The number of ether oxygens (including phenoxy) is 1. The van der Waals surface area contributed by atoms with Crippen molar-refractivity contribution in [1.82, 2.24) is 23.8 Å². The Hall–Kier alpha value is -2.52. The third-order valence-electron chi connectivity index (χ3n) is 3.73. The molecule has 2 heterocycles. The second-order valence-corrected chi connectivity index (χ2v) is 5.90. The number of carbonyl (C=O) groups excluding carboxylic acids is 1. The molecule has 0 radical (unpaired) electrons. The average molecular weight is 346 g/mol. The summed E-state index contributed by atoms with van der Waals surface area (Å²) in [6, 6.07) is 5.01. The van der Waals surface area contributed by atoms with E-state index >= 15 is 0 Å². The normalized spacial score (nSPS) is 12.3. The van der Waals surface area contributed by atoms with Gasteiger partial charge in [-0.05, 0) is 24.6 Å². The van der Waals surface area contributed by atoms with E-state index in [-0.39, 0.29) is 12.1 Å². The van der Waals surface area contributed by atoms with E-state index in [1.54, 1.807) is 18.0 Å². The van der Waals surface area contributed by atoms with Gasteiger partial charge in [0, 0.05) is 20.4 Å². The summed E-state index contributed by atoms with van der Waals surface area (Å²) < 4.78 is 15.4. The number of nitrogens with zero attached hydrogens (tertiary/aromatic N) is 4. The lowest BCUT2D eigenvalue weighted by Gasteiger charge is -2.19. The molecule has 8 nitrogen and oxygen atoms in total. The van der Waals surface area contributed by atoms with E-state index in [4.69, 9.17) is 4.74 Å². The summed E-state index contributed by atoms with van der Waals surface area (Å²) in [5.41, 5.74) is 3.91. The quantitative estimate of drug-likeness (QED) is 0.739. The number of carbonyl (C=O) groups is 1. The molecule has 3 aromatic rings. The van der Waals surface area contributed by atoms with Gasteiger partial charge in [-0.15, -0.1) is 0 Å². The lowest BCUT2D eigenvalue weighted by atomic mass is 10.1. The number of fused-ring (bicyclic) bond motifs is 1. The Bertz CT molecular complexity index is 859. The lowest BCUT2D eigenvalue weighted by molar-refractivity contribution is 0.165. The zero-order valence-electron chi connectivity index (χ0n) is 13.6. The number of benzene rings is 1. The molecule has 1 atom stereocenters. The summed E-state index contributed by atoms with van der Waals surface area (Å²) in [5, 5.41) is 9.92. The summed E-state index contributed by atoms with van der Waals surface area (Å²) >= 11 is 1.12. The molecule has 1 aromatic carbocycles. The molecule has 0 aliphatic carbocycles. The molecule has 0 spiro atoms. The maximum Gasteiger partial charge on any atom is 0.319 e. The molecule has 0 saturated heterocycles. The standard InChI is InChI=1S/C15H18N6O2S/c1-9-4-5-10-14(20-24-19-10)13(9)18-15(22)17-11(8-23-3)12-6-7-16-21(12)2/h4-7,11H,8H2,1-3H3,(H2,17,18,22)/t11-/m0/s1. The van der Waals surface area contributed by atoms with Crippen LogP contribution in [0.25, 0.3) is 11.0 Å². The van der Waals surface area contributed by atoms with Crippen molar-refractivity contribution in [1.29, 1.82) is 0 Å². The Balaban J connectivity index is 1.79. The lowest BCUT2D eigenvalue weighted by Crippen LogP contribution is -2.36. The van der Waals surface area contributed by atoms with Crippen LogP contribution in [0.4, 0.5) is 10.5 Å². The van der Waals surface area contributed by atoms with Crippen LogP contribution in [0, 0.1) is 6.92 Å². The molecule has 2 aromatic heterocycles. The Morgan fingerprint density at radius 3 is 2.92 bits per heavy atom. The summed E-state index contributed by atoms with van der Waals surface area (Å²) in [6.07, 6.45) is 1.68. The topological polar surface area (TPSA) is 94.0 Å². The largest absolute Gasteiger partial charge is 0.382 e. The molecule has 0 saturated carbocycles. The fourth-order valence-electron chi connectivity index (χ4n) is 2.51. The number of hydrogen-bond donors (Lipinski definition) is 2. The Labute approximate surface area is 143 Å². The van der Waals surface area contributed by atoms with Crippen molar-refractivity contribution in [3.63, 3.8) is 0 Å². The molecule has 0 fully saturated rings. The van der Waals surface area contributed by atoms with Crippen LogP contribution in [0.2, 0.25) is 0 Å². The Morgan fingerprint density at radius 1 is 1.38 bits per heavy atom. The van der Waals surface area contributed by atoms with E-state index in [9.17, 15) is 4.79 Å². The van der Waals surface area contributed by atoms with Gasteiger partial charge in [0.15, 0.2) is 0 Å². The van der Waals surface area contributed by atoms with Crippen LogP contribution in [0.5, 0.6) is 0 Å². The summed E-state index contributed by atoms with van der Waals surface area (Å²) in [7, 11) is 3.41. The molecule has 0 unspecified atom stereocenters. The zero-order chi connectivity index (χ0) is 17.1. The number of methoxy groups -OCH3 is 1. The van der Waals surface area contributed by atoms with Gasteiger partial charge in [0.25, 0.3) is 0 Å². The van der Waals surface area contributed by atoms with Crippen molar-refractivity contribution in [2.45, 2.75) is 13.0 Å². The smallest absolute Gasteiger partial charge is 0.319 e. The Kier molecular flexibility index (Phi) is 4.72. The zero-order valence-corrected chi connectivity index (χ0v) is 14.4. The van der Waals surface area contributed by atoms with Gasteiger partial charge in [-0.25, -0.2) is 4.79 Å². The van der Waals surface area contributed by atoms with Crippen LogP contribution in [0.15, 0.2) is 24.4 Å². The van der Waals surface area contributed by atoms with E-state index in [1.165, 1.54) is 0 Å². The predicted octanol–water partition coefficient (Wildman–Crippen LogP) is 2.24. The fraction of sp³-hybridized carbons (Fsp3) is 0.333. The molecule has 2 amide bonds. The van der Waals surface area contributed by atoms with Crippen LogP contribution in [0.3, 0.4) is 0 Å². The monoisotopic (exact) mass is 346 g/mol. The number of rotatable bonds is 5. The molecular formula is C15H18N6O2S. The summed E-state index contributed by atoms with van der Waals surface area (Å²) in [6.45, 7) is 2.26. The van der Waals surface area contributed by atoms with Crippen LogP contribution in [0.1, 0.15) is 17.3 Å². The second-order valence-electron chi connectivity index (χ2n) is 5.38. The van der Waals surface area contributed by atoms with Gasteiger partial charge in [0.05, 0.1) is 35.8 Å². The van der Waals surface area contributed by atoms with Gasteiger partial charge in [-0.3, -0.25) is 4.68 Å². The number of anilines is 1. The van der Waals surface area contributed by atoms with Crippen LogP contribution in [-0.4, -0.2) is 38.3 Å². The molecule has 0 aliphatic heterocycles. The highest BCUT2D eigenvalue weighted by Gasteiger charge is 2.19. The maximum absolute atomic E-state index is 12.5. The summed E-state index contributed by atoms with van der Waals surface area (Å²) in [4.78, 5) is 12.5. The molecule has 2 N–H and O–H groups in total. The van der Waals surface area contributed by atoms with Crippen molar-refractivity contribution >= 4 is 34.5 Å². The molecular weight excluding hydrogens is 328 g/mol. The minimum absolute atomic E-state index is 0.310. The van der Waals surface area contributed by atoms with Crippen molar-refractivity contribution in [3.8, 4) is 0 Å². The first-order chi connectivity index (χ1) is 11.6. The Morgan fingerprint density at radius 2 is 2.21 bits per heavy atom. The molecule has 126 valence electrons. The van der Waals surface area contributed by atoms with E-state index in [0.29, 0.717) is 17.8 Å². The number of amides is 2. The van der Waals surface area contributed by atoms with E-state index < -0.39 is 0 Å². The van der Waals surface area contributed by atoms with Crippen molar-refractivity contribution in [3.05, 3.63) is 35.7 Å². The van der Waals surface area contributed by atoms with Crippen LogP contribution in [-0.2, 0) is 11.8 Å². The number of aryl methyl sites for hydroxylation is 2.